The Morgan fingerprint density at radius 3 is 2.71 bits per heavy atom. The van der Waals surface area contributed by atoms with Crippen molar-refractivity contribution >= 4 is 21.9 Å². The van der Waals surface area contributed by atoms with Crippen molar-refractivity contribution in [2.75, 3.05) is 6.61 Å². The third-order valence-electron chi connectivity index (χ3n) is 4.04. The standard InChI is InChI=1S/C14H15BrO2/c15-11-6-4-9(5-7-11)12-3-1-2-10-8-17-14(16)13(10)12/h4-7,10,12-13H,1-3,8H2/t10-,12+,13+/m0/s1. The number of esters is 1. The van der Waals surface area contributed by atoms with Crippen LogP contribution in [-0.4, -0.2) is 12.6 Å². The highest BCUT2D eigenvalue weighted by molar-refractivity contribution is 9.10. The highest BCUT2D eigenvalue weighted by Gasteiger charge is 2.44. The number of hydrogen-bond acceptors (Lipinski definition) is 2. The van der Waals surface area contributed by atoms with E-state index in [4.69, 9.17) is 4.74 Å². The second kappa shape index (κ2) is 4.45. The Balaban J connectivity index is 1.90. The van der Waals surface area contributed by atoms with Crippen molar-refractivity contribution in [2.45, 2.75) is 25.2 Å². The molecule has 2 aliphatic rings. The molecule has 17 heavy (non-hydrogen) atoms. The summed E-state index contributed by atoms with van der Waals surface area (Å²) in [4.78, 5) is 11.8. The van der Waals surface area contributed by atoms with Crippen molar-refractivity contribution in [3.63, 3.8) is 0 Å². The second-order valence-electron chi connectivity index (χ2n) is 5.00. The van der Waals surface area contributed by atoms with Crippen LogP contribution in [0.3, 0.4) is 0 Å². The van der Waals surface area contributed by atoms with Gasteiger partial charge in [-0.05, 0) is 36.5 Å². The number of carbonyl (C=O) groups is 1. The van der Waals surface area contributed by atoms with Gasteiger partial charge in [0.15, 0.2) is 0 Å². The zero-order chi connectivity index (χ0) is 11.8. The van der Waals surface area contributed by atoms with Crippen molar-refractivity contribution in [1.29, 1.82) is 0 Å². The van der Waals surface area contributed by atoms with E-state index in [1.165, 1.54) is 12.0 Å². The van der Waals surface area contributed by atoms with Gasteiger partial charge < -0.3 is 4.74 Å². The van der Waals surface area contributed by atoms with E-state index in [1.54, 1.807) is 0 Å². The molecule has 0 N–H and O–H groups in total. The van der Waals surface area contributed by atoms with Gasteiger partial charge in [-0.3, -0.25) is 4.79 Å². The SMILES string of the molecule is O=C1OC[C@@H]2CCC[C@H](c3ccc(Br)cc3)[C@H]12. The first-order valence-corrected chi connectivity index (χ1v) is 6.97. The van der Waals surface area contributed by atoms with Crippen LogP contribution >= 0.6 is 15.9 Å². The summed E-state index contributed by atoms with van der Waals surface area (Å²) in [5, 5.41) is 0. The topological polar surface area (TPSA) is 26.3 Å². The molecule has 3 rings (SSSR count). The van der Waals surface area contributed by atoms with Crippen molar-refractivity contribution in [1.82, 2.24) is 0 Å². The molecule has 1 saturated heterocycles. The van der Waals surface area contributed by atoms with Crippen LogP contribution in [0.5, 0.6) is 0 Å². The molecule has 1 aliphatic heterocycles. The number of carbonyl (C=O) groups excluding carboxylic acids is 1. The summed E-state index contributed by atoms with van der Waals surface area (Å²) in [5.41, 5.74) is 1.28. The zero-order valence-electron chi connectivity index (χ0n) is 9.56. The summed E-state index contributed by atoms with van der Waals surface area (Å²) < 4.78 is 6.31. The van der Waals surface area contributed by atoms with E-state index >= 15 is 0 Å². The number of cyclic esters (lactones) is 1. The van der Waals surface area contributed by atoms with Crippen LogP contribution in [0.15, 0.2) is 28.7 Å². The first-order valence-electron chi connectivity index (χ1n) is 6.18. The molecule has 1 aliphatic carbocycles. The molecule has 2 fully saturated rings. The van der Waals surface area contributed by atoms with E-state index < -0.39 is 0 Å². The molecule has 0 amide bonds. The lowest BCUT2D eigenvalue weighted by molar-refractivity contribution is -0.142. The largest absolute Gasteiger partial charge is 0.465 e. The van der Waals surface area contributed by atoms with Gasteiger partial charge in [0.2, 0.25) is 0 Å². The Bertz CT molecular complexity index is 426. The predicted octanol–water partition coefficient (Wildman–Crippen LogP) is 3.51. The Morgan fingerprint density at radius 2 is 1.94 bits per heavy atom. The summed E-state index contributed by atoms with van der Waals surface area (Å²) in [6.07, 6.45) is 3.46. The fourth-order valence-electron chi connectivity index (χ4n) is 3.20. The lowest BCUT2D eigenvalue weighted by atomic mass is 9.71. The Labute approximate surface area is 109 Å². The van der Waals surface area contributed by atoms with Crippen LogP contribution in [0.1, 0.15) is 30.7 Å². The fourth-order valence-corrected chi connectivity index (χ4v) is 3.47. The Kier molecular flexibility index (Phi) is 2.95. The molecule has 1 saturated carbocycles. The van der Waals surface area contributed by atoms with Gasteiger partial charge in [-0.25, -0.2) is 0 Å². The van der Waals surface area contributed by atoms with E-state index in [-0.39, 0.29) is 11.9 Å². The molecular formula is C14H15BrO2. The van der Waals surface area contributed by atoms with Crippen LogP contribution in [0, 0.1) is 11.8 Å². The van der Waals surface area contributed by atoms with E-state index in [0.29, 0.717) is 18.4 Å². The predicted molar refractivity (Wildman–Crippen MR) is 68.7 cm³/mol. The summed E-state index contributed by atoms with van der Waals surface area (Å²) in [7, 11) is 0. The molecule has 2 nitrogen and oxygen atoms in total. The first-order chi connectivity index (χ1) is 8.25. The minimum atomic E-state index is 0.0163. The van der Waals surface area contributed by atoms with Gasteiger partial charge in [0.25, 0.3) is 0 Å². The lowest BCUT2D eigenvalue weighted by Crippen LogP contribution is -2.28. The Morgan fingerprint density at radius 1 is 1.18 bits per heavy atom. The van der Waals surface area contributed by atoms with Gasteiger partial charge >= 0.3 is 5.97 Å². The summed E-state index contributed by atoms with van der Waals surface area (Å²) in [6.45, 7) is 0.635. The van der Waals surface area contributed by atoms with Crippen LogP contribution in [0.4, 0.5) is 0 Å². The van der Waals surface area contributed by atoms with E-state index in [2.05, 4.69) is 40.2 Å². The van der Waals surface area contributed by atoms with Crippen molar-refractivity contribution in [3.8, 4) is 0 Å². The van der Waals surface area contributed by atoms with Gasteiger partial charge in [-0.2, -0.15) is 0 Å². The smallest absolute Gasteiger partial charge is 0.309 e. The number of rotatable bonds is 1. The second-order valence-corrected chi connectivity index (χ2v) is 5.92. The average Bonchev–Trinajstić information content (AvgIpc) is 2.73. The van der Waals surface area contributed by atoms with Crippen LogP contribution in [0.2, 0.25) is 0 Å². The van der Waals surface area contributed by atoms with Gasteiger partial charge in [0.05, 0.1) is 12.5 Å². The highest BCUT2D eigenvalue weighted by Crippen LogP contribution is 2.45. The molecule has 0 bridgehead atoms. The fraction of sp³-hybridized carbons (Fsp3) is 0.500. The van der Waals surface area contributed by atoms with Gasteiger partial charge in [-0.1, -0.05) is 34.5 Å². The molecule has 1 heterocycles. The van der Waals surface area contributed by atoms with Gasteiger partial charge in [0, 0.05) is 10.4 Å². The maximum atomic E-state index is 11.8. The number of hydrogen-bond donors (Lipinski definition) is 0. The first kappa shape index (κ1) is 11.3. The molecule has 1 aromatic carbocycles. The van der Waals surface area contributed by atoms with Crippen molar-refractivity contribution < 1.29 is 9.53 Å². The van der Waals surface area contributed by atoms with Crippen LogP contribution in [-0.2, 0) is 9.53 Å². The molecule has 90 valence electrons. The normalized spacial score (nSPS) is 32.1. The van der Waals surface area contributed by atoms with Crippen molar-refractivity contribution in [2.24, 2.45) is 11.8 Å². The van der Waals surface area contributed by atoms with Crippen LogP contribution < -0.4 is 0 Å². The maximum absolute atomic E-state index is 11.8. The third kappa shape index (κ3) is 2.01. The zero-order valence-corrected chi connectivity index (χ0v) is 11.2. The quantitative estimate of drug-likeness (QED) is 0.741. The van der Waals surface area contributed by atoms with Crippen molar-refractivity contribution in [3.05, 3.63) is 34.3 Å². The molecule has 0 unspecified atom stereocenters. The molecule has 1 aromatic rings. The van der Waals surface area contributed by atoms with Crippen LogP contribution in [0.25, 0.3) is 0 Å². The lowest BCUT2D eigenvalue weighted by Gasteiger charge is -2.30. The number of ether oxygens (including phenoxy) is 1. The monoisotopic (exact) mass is 294 g/mol. The summed E-state index contributed by atoms with van der Waals surface area (Å²) in [6, 6.07) is 8.37. The minimum Gasteiger partial charge on any atom is -0.465 e. The van der Waals surface area contributed by atoms with E-state index in [1.807, 2.05) is 0 Å². The average molecular weight is 295 g/mol. The van der Waals surface area contributed by atoms with Gasteiger partial charge in [-0.15, -0.1) is 0 Å². The molecule has 0 aromatic heterocycles. The minimum absolute atomic E-state index is 0.0163. The number of halogens is 1. The molecule has 0 spiro atoms. The van der Waals surface area contributed by atoms with E-state index in [9.17, 15) is 4.79 Å². The molecule has 0 radical (unpaired) electrons. The number of benzene rings is 1. The molecular weight excluding hydrogens is 280 g/mol. The molecule has 3 atom stereocenters. The summed E-state index contributed by atoms with van der Waals surface area (Å²) >= 11 is 3.45. The Hall–Kier alpha value is -0.830. The van der Waals surface area contributed by atoms with E-state index in [0.717, 1.165) is 17.3 Å². The summed E-state index contributed by atoms with van der Waals surface area (Å²) in [5.74, 6) is 0.925. The highest BCUT2D eigenvalue weighted by atomic mass is 79.9. The maximum Gasteiger partial charge on any atom is 0.309 e. The number of fused-ring (bicyclic) bond motifs is 1. The molecule has 3 heteroatoms. The van der Waals surface area contributed by atoms with Gasteiger partial charge in [0.1, 0.15) is 0 Å². The third-order valence-corrected chi connectivity index (χ3v) is 4.57.